The highest BCUT2D eigenvalue weighted by Gasteiger charge is 2.37. The van der Waals surface area contributed by atoms with Gasteiger partial charge in [-0.2, -0.15) is 18.3 Å². The van der Waals surface area contributed by atoms with E-state index in [0.29, 0.717) is 28.1 Å². The maximum Gasteiger partial charge on any atom is 0.433 e. The van der Waals surface area contributed by atoms with Crippen molar-refractivity contribution in [2.45, 2.75) is 31.4 Å². The van der Waals surface area contributed by atoms with Crippen molar-refractivity contribution in [3.8, 4) is 11.5 Å². The lowest BCUT2D eigenvalue weighted by Gasteiger charge is -2.11. The van der Waals surface area contributed by atoms with Gasteiger partial charge in [-0.25, -0.2) is 9.50 Å². The topological polar surface area (TPSA) is 77.8 Å². The molecule has 7 nitrogen and oxygen atoms in total. The van der Waals surface area contributed by atoms with E-state index in [1.807, 2.05) is 6.07 Å². The van der Waals surface area contributed by atoms with Crippen LogP contribution in [0.1, 0.15) is 46.1 Å². The molecule has 1 N–H and O–H groups in total. The second-order valence-electron chi connectivity index (χ2n) is 7.33. The van der Waals surface area contributed by atoms with Gasteiger partial charge in [0.1, 0.15) is 11.3 Å². The number of carbonyl (C=O) groups excluding carboxylic acids is 1. The average molecular weight is 434 g/mol. The highest BCUT2D eigenvalue weighted by molar-refractivity contribution is 5.99. The van der Waals surface area contributed by atoms with Gasteiger partial charge < -0.3 is 14.8 Å². The summed E-state index contributed by atoms with van der Waals surface area (Å²) in [5, 5.41) is 6.51. The molecule has 0 atom stereocenters. The van der Waals surface area contributed by atoms with Crippen LogP contribution in [0.25, 0.3) is 5.65 Å². The first-order valence-electron chi connectivity index (χ1n) is 9.76. The first-order valence-corrected chi connectivity index (χ1v) is 9.76. The summed E-state index contributed by atoms with van der Waals surface area (Å²) in [5.74, 6) is 0.649. The number of fused-ring (bicyclic) bond motifs is 1. The fourth-order valence-electron chi connectivity index (χ4n) is 3.38. The lowest BCUT2D eigenvalue weighted by Crippen LogP contribution is -2.26. The largest absolute Gasteiger partial charge is 0.493 e. The lowest BCUT2D eigenvalue weighted by molar-refractivity contribution is -0.142. The molecule has 3 aromatic rings. The highest BCUT2D eigenvalue weighted by atomic mass is 19.4. The molecule has 1 aliphatic carbocycles. The molecule has 164 valence electrons. The molecule has 0 saturated heterocycles. The number of nitrogens with zero attached hydrogens (tertiary/aromatic N) is 3. The van der Waals surface area contributed by atoms with Gasteiger partial charge in [0.15, 0.2) is 17.1 Å². The first-order chi connectivity index (χ1) is 14.8. The molecule has 1 saturated carbocycles. The average Bonchev–Trinajstić information content (AvgIpc) is 3.51. The van der Waals surface area contributed by atoms with E-state index in [2.05, 4.69) is 15.4 Å². The third kappa shape index (κ3) is 4.28. The fourth-order valence-corrected chi connectivity index (χ4v) is 3.38. The zero-order valence-corrected chi connectivity index (χ0v) is 17.0. The number of hydrogen-bond donors (Lipinski definition) is 1. The number of aromatic nitrogens is 3. The SMILES string of the molecule is COc1ccc(CCNC(=O)c2cnn3c(C(F)(F)F)cc(C4CC4)nc23)cc1OC. The monoisotopic (exact) mass is 434 g/mol. The number of amides is 1. The molecule has 0 unspecified atom stereocenters. The molecular formula is C21H21F3N4O3. The third-order valence-electron chi connectivity index (χ3n) is 5.17. The number of carbonyl (C=O) groups is 1. The molecule has 1 aromatic carbocycles. The van der Waals surface area contributed by atoms with Gasteiger partial charge >= 0.3 is 6.18 Å². The number of benzene rings is 1. The summed E-state index contributed by atoms with van der Waals surface area (Å²) in [7, 11) is 3.08. The quantitative estimate of drug-likeness (QED) is 0.615. The van der Waals surface area contributed by atoms with Crippen LogP contribution in [0, 0.1) is 0 Å². The second-order valence-corrected chi connectivity index (χ2v) is 7.33. The van der Waals surface area contributed by atoms with Crippen molar-refractivity contribution in [1.29, 1.82) is 0 Å². The van der Waals surface area contributed by atoms with Gasteiger partial charge in [0.2, 0.25) is 0 Å². The van der Waals surface area contributed by atoms with Crippen LogP contribution in [0.2, 0.25) is 0 Å². The predicted octanol–water partition coefficient (Wildman–Crippen LogP) is 3.62. The van der Waals surface area contributed by atoms with Crippen molar-refractivity contribution in [3.05, 3.63) is 53.0 Å². The van der Waals surface area contributed by atoms with Crippen LogP contribution in [0.3, 0.4) is 0 Å². The van der Waals surface area contributed by atoms with E-state index in [-0.39, 0.29) is 23.7 Å². The van der Waals surface area contributed by atoms with Gasteiger partial charge in [-0.1, -0.05) is 6.07 Å². The van der Waals surface area contributed by atoms with Crippen molar-refractivity contribution in [2.24, 2.45) is 0 Å². The van der Waals surface area contributed by atoms with E-state index < -0.39 is 17.8 Å². The van der Waals surface area contributed by atoms with E-state index in [1.54, 1.807) is 19.2 Å². The minimum absolute atomic E-state index is 0.00182. The molecule has 10 heteroatoms. The van der Waals surface area contributed by atoms with Crippen LogP contribution in [0.5, 0.6) is 11.5 Å². The van der Waals surface area contributed by atoms with Crippen molar-refractivity contribution < 1.29 is 27.4 Å². The van der Waals surface area contributed by atoms with Gasteiger partial charge in [-0.15, -0.1) is 0 Å². The predicted molar refractivity (Wildman–Crippen MR) is 106 cm³/mol. The molecular weight excluding hydrogens is 413 g/mol. The summed E-state index contributed by atoms with van der Waals surface area (Å²) in [6.07, 6.45) is -1.39. The van der Waals surface area contributed by atoms with Crippen LogP contribution in [0.15, 0.2) is 30.5 Å². The van der Waals surface area contributed by atoms with Crippen LogP contribution in [-0.4, -0.2) is 41.3 Å². The maximum absolute atomic E-state index is 13.5. The summed E-state index contributed by atoms with van der Waals surface area (Å²) in [4.78, 5) is 17.0. The van der Waals surface area contributed by atoms with Crippen LogP contribution >= 0.6 is 0 Å². The second kappa shape index (κ2) is 8.09. The molecule has 0 radical (unpaired) electrons. The van der Waals surface area contributed by atoms with Gasteiger partial charge in [-0.3, -0.25) is 4.79 Å². The highest BCUT2D eigenvalue weighted by Crippen LogP contribution is 2.41. The Kier molecular flexibility index (Phi) is 5.47. The van der Waals surface area contributed by atoms with E-state index in [4.69, 9.17) is 9.47 Å². The molecule has 2 heterocycles. The molecule has 0 aliphatic heterocycles. The molecule has 0 bridgehead atoms. The summed E-state index contributed by atoms with van der Waals surface area (Å²) in [5.41, 5.74) is 0.260. The van der Waals surface area contributed by atoms with Crippen LogP contribution in [0.4, 0.5) is 13.2 Å². The van der Waals surface area contributed by atoms with Crippen molar-refractivity contribution in [3.63, 3.8) is 0 Å². The smallest absolute Gasteiger partial charge is 0.433 e. The first kappa shape index (κ1) is 21.0. The number of rotatable bonds is 7. The summed E-state index contributed by atoms with van der Waals surface area (Å²) < 4.78 is 51.6. The number of halogens is 3. The normalized spacial score (nSPS) is 14.0. The Balaban J connectivity index is 1.52. The summed E-state index contributed by atoms with van der Waals surface area (Å²) >= 11 is 0. The Bertz CT molecular complexity index is 1120. The number of alkyl halides is 3. The summed E-state index contributed by atoms with van der Waals surface area (Å²) in [6.45, 7) is 0.278. The Labute approximate surface area is 176 Å². The Hall–Kier alpha value is -3.30. The molecule has 2 aromatic heterocycles. The minimum Gasteiger partial charge on any atom is -0.493 e. The summed E-state index contributed by atoms with van der Waals surface area (Å²) in [6, 6.07) is 6.45. The van der Waals surface area contributed by atoms with Crippen LogP contribution < -0.4 is 14.8 Å². The zero-order chi connectivity index (χ0) is 22.2. The number of nitrogens with one attached hydrogen (secondary N) is 1. The molecule has 0 spiro atoms. The molecule has 1 fully saturated rings. The Morgan fingerprint density at radius 1 is 1.19 bits per heavy atom. The van der Waals surface area contributed by atoms with E-state index in [0.717, 1.165) is 30.7 Å². The maximum atomic E-state index is 13.5. The van der Waals surface area contributed by atoms with E-state index in [1.165, 1.54) is 7.11 Å². The van der Waals surface area contributed by atoms with Gasteiger partial charge in [0.25, 0.3) is 5.91 Å². The Morgan fingerprint density at radius 3 is 2.58 bits per heavy atom. The van der Waals surface area contributed by atoms with E-state index in [9.17, 15) is 18.0 Å². The zero-order valence-electron chi connectivity index (χ0n) is 17.0. The molecule has 1 amide bonds. The van der Waals surface area contributed by atoms with Gasteiger partial charge in [0.05, 0.1) is 20.4 Å². The van der Waals surface area contributed by atoms with Gasteiger partial charge in [0, 0.05) is 18.2 Å². The van der Waals surface area contributed by atoms with Crippen LogP contribution in [-0.2, 0) is 12.6 Å². The Morgan fingerprint density at radius 2 is 1.94 bits per heavy atom. The standard InChI is InChI=1S/C21H21F3N4O3/c1-30-16-6-3-12(9-17(16)31-2)7-8-25-20(29)14-11-26-28-18(21(22,23)24)10-15(13-4-5-13)27-19(14)28/h3,6,9-11,13H,4-5,7-8H2,1-2H3,(H,25,29). The lowest BCUT2D eigenvalue weighted by atomic mass is 10.1. The third-order valence-corrected chi connectivity index (χ3v) is 5.17. The minimum atomic E-state index is -4.60. The number of hydrogen-bond acceptors (Lipinski definition) is 5. The number of methoxy groups -OCH3 is 2. The fraction of sp³-hybridized carbons (Fsp3) is 0.381. The van der Waals surface area contributed by atoms with E-state index >= 15 is 0 Å². The van der Waals surface area contributed by atoms with Crippen molar-refractivity contribution in [1.82, 2.24) is 19.9 Å². The number of ether oxygens (including phenoxy) is 2. The van der Waals surface area contributed by atoms with Crippen molar-refractivity contribution in [2.75, 3.05) is 20.8 Å². The van der Waals surface area contributed by atoms with Crippen molar-refractivity contribution >= 4 is 11.6 Å². The molecule has 31 heavy (non-hydrogen) atoms. The van der Waals surface area contributed by atoms with Gasteiger partial charge in [-0.05, 0) is 43.0 Å². The molecule has 4 rings (SSSR count). The molecule has 1 aliphatic rings.